The molecule has 0 aliphatic carbocycles. The van der Waals surface area contributed by atoms with E-state index in [-0.39, 0.29) is 11.5 Å². The van der Waals surface area contributed by atoms with E-state index in [0.29, 0.717) is 0 Å². The highest BCUT2D eigenvalue weighted by Gasteiger charge is 2.27. The van der Waals surface area contributed by atoms with Gasteiger partial charge in [0.2, 0.25) is 0 Å². The Balaban J connectivity index is 2.57. The highest BCUT2D eigenvalue weighted by molar-refractivity contribution is 5.96. The standard InChI is InChI=1S/C34H46O2/c1-11-13-15-27-23(7)19(3)21(5)25(9)31(27)33-29(35)17-18-30(36)34(33)32-26(10)22(6)20(4)24(8)28(32)16-14-12-2/h17-18,35-36H,11-16H2,1-10H3. The van der Waals surface area contributed by atoms with Gasteiger partial charge in [0.25, 0.3) is 0 Å². The molecule has 0 amide bonds. The second kappa shape index (κ2) is 11.1. The fourth-order valence-electron chi connectivity index (χ4n) is 5.88. The van der Waals surface area contributed by atoms with E-state index >= 15 is 0 Å². The molecule has 2 heteroatoms. The first-order valence-electron chi connectivity index (χ1n) is 13.7. The molecule has 2 N–H and O–H groups in total. The van der Waals surface area contributed by atoms with E-state index in [4.69, 9.17) is 0 Å². The van der Waals surface area contributed by atoms with Gasteiger partial charge in [0.15, 0.2) is 0 Å². The summed E-state index contributed by atoms with van der Waals surface area (Å²) < 4.78 is 0. The first-order chi connectivity index (χ1) is 17.0. The van der Waals surface area contributed by atoms with E-state index in [9.17, 15) is 10.2 Å². The van der Waals surface area contributed by atoms with Crippen LogP contribution >= 0.6 is 0 Å². The molecule has 0 aliphatic heterocycles. The van der Waals surface area contributed by atoms with Crippen LogP contribution < -0.4 is 0 Å². The molecule has 3 aromatic rings. The normalized spacial score (nSPS) is 11.4. The average molecular weight is 487 g/mol. The van der Waals surface area contributed by atoms with Crippen molar-refractivity contribution in [2.45, 2.75) is 108 Å². The van der Waals surface area contributed by atoms with Crippen LogP contribution in [0.3, 0.4) is 0 Å². The molecule has 0 radical (unpaired) electrons. The van der Waals surface area contributed by atoms with E-state index in [1.54, 1.807) is 12.1 Å². The number of benzene rings is 3. The molecule has 0 aromatic heterocycles. The van der Waals surface area contributed by atoms with Crippen LogP contribution in [0.2, 0.25) is 0 Å². The van der Waals surface area contributed by atoms with E-state index in [1.165, 1.54) is 55.6 Å². The predicted molar refractivity (Wildman–Crippen MR) is 156 cm³/mol. The first-order valence-corrected chi connectivity index (χ1v) is 13.7. The van der Waals surface area contributed by atoms with Crippen LogP contribution in [-0.4, -0.2) is 10.2 Å². The number of unbranched alkanes of at least 4 members (excludes halogenated alkanes) is 2. The molecule has 0 fully saturated rings. The van der Waals surface area contributed by atoms with Crippen LogP contribution in [0.1, 0.15) is 95.2 Å². The highest BCUT2D eigenvalue weighted by Crippen LogP contribution is 2.51. The quantitative estimate of drug-likeness (QED) is 0.311. The van der Waals surface area contributed by atoms with Crippen LogP contribution in [-0.2, 0) is 12.8 Å². The van der Waals surface area contributed by atoms with Gasteiger partial charge in [-0.05, 0) is 160 Å². The number of phenolic OH excluding ortho intramolecular Hbond substituents is 2. The van der Waals surface area contributed by atoms with Crippen LogP contribution in [0.25, 0.3) is 22.3 Å². The lowest BCUT2D eigenvalue weighted by molar-refractivity contribution is 0.463. The van der Waals surface area contributed by atoms with Gasteiger partial charge in [0.05, 0.1) is 0 Å². The summed E-state index contributed by atoms with van der Waals surface area (Å²) in [4.78, 5) is 0. The number of hydrogen-bond acceptors (Lipinski definition) is 2. The zero-order chi connectivity index (χ0) is 26.9. The molecule has 0 saturated carbocycles. The second-order valence-corrected chi connectivity index (χ2v) is 10.8. The minimum Gasteiger partial charge on any atom is -0.507 e. The fourth-order valence-corrected chi connectivity index (χ4v) is 5.88. The summed E-state index contributed by atoms with van der Waals surface area (Å²) in [5.41, 5.74) is 16.5. The van der Waals surface area contributed by atoms with Crippen LogP contribution in [0.5, 0.6) is 11.5 Å². The number of phenols is 2. The van der Waals surface area contributed by atoms with Crippen LogP contribution in [0, 0.1) is 55.4 Å². The summed E-state index contributed by atoms with van der Waals surface area (Å²) in [7, 11) is 0. The Morgan fingerprint density at radius 1 is 0.444 bits per heavy atom. The van der Waals surface area contributed by atoms with Gasteiger partial charge in [-0.15, -0.1) is 0 Å². The summed E-state index contributed by atoms with van der Waals surface area (Å²) in [6.45, 7) is 22.0. The van der Waals surface area contributed by atoms with Gasteiger partial charge in [0, 0.05) is 11.1 Å². The lowest BCUT2D eigenvalue weighted by Crippen LogP contribution is -2.07. The van der Waals surface area contributed by atoms with Gasteiger partial charge >= 0.3 is 0 Å². The number of rotatable bonds is 8. The highest BCUT2D eigenvalue weighted by atomic mass is 16.3. The number of hydrogen-bond donors (Lipinski definition) is 2. The maximum absolute atomic E-state index is 11.5. The molecule has 0 saturated heterocycles. The Bertz CT molecular complexity index is 1190. The largest absolute Gasteiger partial charge is 0.507 e. The third kappa shape index (κ3) is 4.67. The fraction of sp³-hybridized carbons (Fsp3) is 0.471. The maximum atomic E-state index is 11.5. The molecular weight excluding hydrogens is 440 g/mol. The van der Waals surface area contributed by atoms with Gasteiger partial charge in [0.1, 0.15) is 11.5 Å². The zero-order valence-electron chi connectivity index (χ0n) is 24.3. The zero-order valence-corrected chi connectivity index (χ0v) is 24.3. The van der Waals surface area contributed by atoms with E-state index < -0.39 is 0 Å². The van der Waals surface area contributed by atoms with Crippen molar-refractivity contribution in [1.82, 2.24) is 0 Å². The lowest BCUT2D eigenvalue weighted by Gasteiger charge is -2.27. The Morgan fingerprint density at radius 3 is 1.06 bits per heavy atom. The van der Waals surface area contributed by atoms with Crippen LogP contribution in [0.4, 0.5) is 0 Å². The minimum absolute atomic E-state index is 0.239. The maximum Gasteiger partial charge on any atom is 0.124 e. The van der Waals surface area contributed by atoms with Crippen molar-refractivity contribution in [3.63, 3.8) is 0 Å². The smallest absolute Gasteiger partial charge is 0.124 e. The molecular formula is C34H46O2. The van der Waals surface area contributed by atoms with Crippen molar-refractivity contribution in [3.8, 4) is 33.8 Å². The molecule has 36 heavy (non-hydrogen) atoms. The third-order valence-electron chi connectivity index (χ3n) is 8.86. The van der Waals surface area contributed by atoms with E-state index in [1.807, 2.05) is 0 Å². The average Bonchev–Trinajstić information content (AvgIpc) is 2.86. The molecule has 0 aliphatic rings. The Morgan fingerprint density at radius 2 is 0.750 bits per heavy atom. The first kappa shape index (κ1) is 27.8. The summed E-state index contributed by atoms with van der Waals surface area (Å²) in [6.07, 6.45) is 6.33. The second-order valence-electron chi connectivity index (χ2n) is 10.8. The molecule has 0 heterocycles. The Labute approximate surface area is 219 Å². The van der Waals surface area contributed by atoms with Gasteiger partial charge in [-0.25, -0.2) is 0 Å². The Hall–Kier alpha value is -2.74. The van der Waals surface area contributed by atoms with Crippen LogP contribution in [0.15, 0.2) is 12.1 Å². The lowest BCUT2D eigenvalue weighted by atomic mass is 9.77. The monoisotopic (exact) mass is 486 g/mol. The molecule has 2 nitrogen and oxygen atoms in total. The molecule has 0 spiro atoms. The van der Waals surface area contributed by atoms with E-state index in [2.05, 4.69) is 69.2 Å². The molecule has 0 bridgehead atoms. The summed E-state index contributed by atoms with van der Waals surface area (Å²) in [5.74, 6) is 0.478. The van der Waals surface area contributed by atoms with Crippen molar-refractivity contribution >= 4 is 0 Å². The summed E-state index contributed by atoms with van der Waals surface area (Å²) in [6, 6.07) is 3.33. The van der Waals surface area contributed by atoms with Gasteiger partial charge in [-0.3, -0.25) is 0 Å². The van der Waals surface area contributed by atoms with Crippen molar-refractivity contribution in [2.75, 3.05) is 0 Å². The Kier molecular flexibility index (Phi) is 8.59. The van der Waals surface area contributed by atoms with Crippen molar-refractivity contribution < 1.29 is 10.2 Å². The SMILES string of the molecule is CCCCc1c(C)c(C)c(C)c(C)c1-c1c(O)ccc(O)c1-c1c(C)c(C)c(C)c(C)c1CCCC. The summed E-state index contributed by atoms with van der Waals surface area (Å²) in [5, 5.41) is 23.0. The van der Waals surface area contributed by atoms with Crippen molar-refractivity contribution in [3.05, 3.63) is 67.8 Å². The van der Waals surface area contributed by atoms with E-state index in [0.717, 1.165) is 60.8 Å². The predicted octanol–water partition coefficient (Wildman–Crippen LogP) is 9.58. The van der Waals surface area contributed by atoms with Crippen molar-refractivity contribution in [1.29, 1.82) is 0 Å². The van der Waals surface area contributed by atoms with Gasteiger partial charge < -0.3 is 10.2 Å². The molecule has 194 valence electrons. The molecule has 0 atom stereocenters. The molecule has 3 rings (SSSR count). The topological polar surface area (TPSA) is 40.5 Å². The van der Waals surface area contributed by atoms with Gasteiger partial charge in [-0.2, -0.15) is 0 Å². The summed E-state index contributed by atoms with van der Waals surface area (Å²) >= 11 is 0. The molecule has 3 aromatic carbocycles. The third-order valence-corrected chi connectivity index (χ3v) is 8.86. The minimum atomic E-state index is 0.239. The molecule has 0 unspecified atom stereocenters. The van der Waals surface area contributed by atoms with Gasteiger partial charge in [-0.1, -0.05) is 26.7 Å². The number of aromatic hydroxyl groups is 2. The van der Waals surface area contributed by atoms with Crippen molar-refractivity contribution in [2.24, 2.45) is 0 Å².